The molecule has 0 saturated heterocycles. The molecule has 0 amide bonds. The summed E-state index contributed by atoms with van der Waals surface area (Å²) >= 11 is 0. The molecule has 2 rings (SSSR count). The molecule has 0 spiro atoms. The molecule has 0 aliphatic heterocycles. The summed E-state index contributed by atoms with van der Waals surface area (Å²) in [6.07, 6.45) is 8.02. The Morgan fingerprint density at radius 3 is 2.60 bits per heavy atom. The summed E-state index contributed by atoms with van der Waals surface area (Å²) in [4.78, 5) is 0. The Morgan fingerprint density at radius 1 is 1.27 bits per heavy atom. The number of rotatable bonds is 3. The average molecular weight is 209 g/mol. The van der Waals surface area contributed by atoms with Gasteiger partial charge in [-0.05, 0) is 19.8 Å². The molecule has 1 aliphatic rings. The van der Waals surface area contributed by atoms with Crippen molar-refractivity contribution in [3.63, 3.8) is 0 Å². The van der Waals surface area contributed by atoms with Gasteiger partial charge in [0.1, 0.15) is 0 Å². The molecule has 2 N–H and O–H groups in total. The number of aromatic amines is 1. The number of aromatic nitrogens is 4. The summed E-state index contributed by atoms with van der Waals surface area (Å²) in [6, 6.07) is 0.827. The molecule has 0 radical (unpaired) electrons. The Bertz CT molecular complexity index is 263. The van der Waals surface area contributed by atoms with Crippen LogP contribution in [0.4, 0.5) is 0 Å². The summed E-state index contributed by atoms with van der Waals surface area (Å²) in [5.41, 5.74) is 0. The summed E-state index contributed by atoms with van der Waals surface area (Å²) < 4.78 is 0. The second-order valence-electron chi connectivity index (χ2n) is 4.35. The van der Waals surface area contributed by atoms with Crippen LogP contribution in [0.5, 0.6) is 0 Å². The Kier molecular flexibility index (Phi) is 3.66. The molecule has 15 heavy (non-hydrogen) atoms. The number of hydrogen-bond acceptors (Lipinski definition) is 4. The van der Waals surface area contributed by atoms with Crippen molar-refractivity contribution < 1.29 is 0 Å². The molecule has 1 aromatic heterocycles. The van der Waals surface area contributed by atoms with E-state index >= 15 is 0 Å². The Hall–Kier alpha value is -0.970. The maximum Gasteiger partial charge on any atom is 0.191 e. The zero-order chi connectivity index (χ0) is 10.5. The lowest BCUT2D eigenvalue weighted by Gasteiger charge is -2.19. The lowest BCUT2D eigenvalue weighted by molar-refractivity contribution is 0.404. The quantitative estimate of drug-likeness (QED) is 0.742. The van der Waals surface area contributed by atoms with Crippen LogP contribution in [0, 0.1) is 0 Å². The van der Waals surface area contributed by atoms with Gasteiger partial charge in [-0.15, -0.1) is 10.2 Å². The lowest BCUT2D eigenvalue weighted by Crippen LogP contribution is -2.31. The van der Waals surface area contributed by atoms with Gasteiger partial charge in [0.15, 0.2) is 5.82 Å². The molecule has 0 aromatic carbocycles. The third-order valence-electron chi connectivity index (χ3n) is 3.09. The minimum absolute atomic E-state index is 0.201. The molecule has 1 unspecified atom stereocenters. The fraction of sp³-hybridized carbons (Fsp3) is 0.900. The van der Waals surface area contributed by atoms with Crippen molar-refractivity contribution in [2.45, 2.75) is 57.5 Å². The number of nitrogens with zero attached hydrogens (tertiary/aromatic N) is 3. The number of tetrazole rings is 1. The van der Waals surface area contributed by atoms with Crippen LogP contribution in [-0.4, -0.2) is 26.7 Å². The first-order valence-electron chi connectivity index (χ1n) is 5.85. The van der Waals surface area contributed by atoms with Crippen LogP contribution in [0.2, 0.25) is 0 Å². The highest BCUT2D eigenvalue weighted by Gasteiger charge is 2.17. The maximum atomic E-state index is 4.00. The van der Waals surface area contributed by atoms with Crippen LogP contribution in [0.25, 0.3) is 0 Å². The van der Waals surface area contributed by atoms with E-state index in [1.807, 2.05) is 0 Å². The van der Waals surface area contributed by atoms with E-state index < -0.39 is 0 Å². The summed E-state index contributed by atoms with van der Waals surface area (Å²) in [7, 11) is 0. The van der Waals surface area contributed by atoms with Crippen molar-refractivity contribution in [3.05, 3.63) is 5.82 Å². The molecule has 1 saturated carbocycles. The third kappa shape index (κ3) is 2.99. The summed E-state index contributed by atoms with van der Waals surface area (Å²) in [6.45, 7) is 2.09. The Balaban J connectivity index is 1.84. The van der Waals surface area contributed by atoms with Gasteiger partial charge in [-0.3, -0.25) is 0 Å². The fourth-order valence-electron chi connectivity index (χ4n) is 2.23. The molecule has 5 nitrogen and oxygen atoms in total. The monoisotopic (exact) mass is 209 g/mol. The van der Waals surface area contributed by atoms with E-state index in [0.717, 1.165) is 5.82 Å². The minimum atomic E-state index is 0.201. The molecule has 5 heteroatoms. The van der Waals surface area contributed by atoms with Crippen LogP contribution >= 0.6 is 0 Å². The van der Waals surface area contributed by atoms with Gasteiger partial charge in [0.25, 0.3) is 0 Å². The molecular weight excluding hydrogens is 190 g/mol. The predicted molar refractivity (Wildman–Crippen MR) is 57.2 cm³/mol. The van der Waals surface area contributed by atoms with E-state index in [1.54, 1.807) is 0 Å². The molecule has 1 heterocycles. The Morgan fingerprint density at radius 2 is 2.00 bits per heavy atom. The summed E-state index contributed by atoms with van der Waals surface area (Å²) in [5.74, 6) is 0.763. The largest absolute Gasteiger partial charge is 0.305 e. The first-order valence-corrected chi connectivity index (χ1v) is 5.85. The molecular formula is C10H19N5. The van der Waals surface area contributed by atoms with Crippen molar-refractivity contribution in [2.24, 2.45) is 0 Å². The zero-order valence-corrected chi connectivity index (χ0v) is 9.24. The van der Waals surface area contributed by atoms with Crippen molar-refractivity contribution >= 4 is 0 Å². The van der Waals surface area contributed by atoms with Gasteiger partial charge < -0.3 is 5.32 Å². The fourth-order valence-corrected chi connectivity index (χ4v) is 2.23. The SMILES string of the molecule is CC(NC1CCCCCC1)c1nn[nH]n1. The van der Waals surface area contributed by atoms with Crippen LogP contribution in [0.3, 0.4) is 0 Å². The molecule has 0 bridgehead atoms. The number of H-pyrrole nitrogens is 1. The van der Waals surface area contributed by atoms with E-state index in [-0.39, 0.29) is 6.04 Å². The second kappa shape index (κ2) is 5.21. The van der Waals surface area contributed by atoms with Crippen LogP contribution in [0.1, 0.15) is 57.3 Å². The first-order chi connectivity index (χ1) is 7.36. The van der Waals surface area contributed by atoms with Gasteiger partial charge in [-0.1, -0.05) is 30.9 Å². The van der Waals surface area contributed by atoms with Gasteiger partial charge in [-0.2, -0.15) is 5.21 Å². The van der Waals surface area contributed by atoms with E-state index in [2.05, 4.69) is 32.9 Å². The highest BCUT2D eigenvalue weighted by Crippen LogP contribution is 2.19. The van der Waals surface area contributed by atoms with Gasteiger partial charge in [0.05, 0.1) is 6.04 Å². The average Bonchev–Trinajstić information content (AvgIpc) is 2.65. The van der Waals surface area contributed by atoms with Crippen LogP contribution in [-0.2, 0) is 0 Å². The van der Waals surface area contributed by atoms with Gasteiger partial charge >= 0.3 is 0 Å². The molecule has 1 atom stereocenters. The standard InChI is InChI=1S/C10H19N5/c1-8(10-12-14-15-13-10)11-9-6-4-2-3-5-7-9/h8-9,11H,2-7H2,1H3,(H,12,13,14,15). The maximum absolute atomic E-state index is 4.00. The van der Waals surface area contributed by atoms with Gasteiger partial charge in [0.2, 0.25) is 0 Å². The highest BCUT2D eigenvalue weighted by molar-refractivity contribution is 4.88. The molecule has 1 fully saturated rings. The van der Waals surface area contributed by atoms with E-state index in [4.69, 9.17) is 0 Å². The topological polar surface area (TPSA) is 66.5 Å². The summed E-state index contributed by atoms with van der Waals surface area (Å²) in [5, 5.41) is 17.6. The highest BCUT2D eigenvalue weighted by atomic mass is 15.5. The zero-order valence-electron chi connectivity index (χ0n) is 9.24. The van der Waals surface area contributed by atoms with Crippen LogP contribution < -0.4 is 5.32 Å². The lowest BCUT2D eigenvalue weighted by atomic mass is 10.1. The predicted octanol–water partition coefficient (Wildman–Crippen LogP) is 1.57. The molecule has 1 aliphatic carbocycles. The van der Waals surface area contributed by atoms with Crippen molar-refractivity contribution in [1.82, 2.24) is 25.9 Å². The van der Waals surface area contributed by atoms with E-state index in [9.17, 15) is 0 Å². The Labute approximate surface area is 90.0 Å². The molecule has 84 valence electrons. The number of nitrogens with one attached hydrogen (secondary N) is 2. The minimum Gasteiger partial charge on any atom is -0.305 e. The smallest absolute Gasteiger partial charge is 0.191 e. The van der Waals surface area contributed by atoms with Crippen molar-refractivity contribution in [3.8, 4) is 0 Å². The van der Waals surface area contributed by atoms with Gasteiger partial charge in [0, 0.05) is 6.04 Å². The second-order valence-corrected chi connectivity index (χ2v) is 4.35. The molecule has 1 aromatic rings. The van der Waals surface area contributed by atoms with Crippen molar-refractivity contribution in [2.75, 3.05) is 0 Å². The van der Waals surface area contributed by atoms with Gasteiger partial charge in [-0.25, -0.2) is 0 Å². The number of hydrogen-bond donors (Lipinski definition) is 2. The van der Waals surface area contributed by atoms with E-state index in [0.29, 0.717) is 6.04 Å². The normalized spacial score (nSPS) is 21.1. The van der Waals surface area contributed by atoms with Crippen LogP contribution in [0.15, 0.2) is 0 Å². The van der Waals surface area contributed by atoms with E-state index in [1.165, 1.54) is 38.5 Å². The van der Waals surface area contributed by atoms with Crippen molar-refractivity contribution in [1.29, 1.82) is 0 Å². The third-order valence-corrected chi connectivity index (χ3v) is 3.09. The first kappa shape index (κ1) is 10.5.